The van der Waals surface area contributed by atoms with Gasteiger partial charge in [-0.3, -0.25) is 0 Å². The maximum absolute atomic E-state index is 5.66. The lowest BCUT2D eigenvalue weighted by Gasteiger charge is -2.35. The van der Waals surface area contributed by atoms with E-state index in [2.05, 4.69) is 5.32 Å². The van der Waals surface area contributed by atoms with Crippen molar-refractivity contribution in [1.29, 1.82) is 0 Å². The van der Waals surface area contributed by atoms with Gasteiger partial charge in [0.2, 0.25) is 0 Å². The second-order valence-corrected chi connectivity index (χ2v) is 2.97. The summed E-state index contributed by atoms with van der Waals surface area (Å²) in [6, 6.07) is 0. The first-order valence-corrected chi connectivity index (χ1v) is 3.81. The molecule has 2 heterocycles. The summed E-state index contributed by atoms with van der Waals surface area (Å²) in [6.45, 7) is 2.16. The van der Waals surface area contributed by atoms with Crippen LogP contribution in [0.3, 0.4) is 0 Å². The Morgan fingerprint density at radius 1 is 1.11 bits per heavy atom. The topological polar surface area (TPSA) is 21.3 Å². The van der Waals surface area contributed by atoms with Crippen LogP contribution in [-0.4, -0.2) is 25.3 Å². The Hall–Kier alpha value is -0.0800. The minimum absolute atomic E-state index is 0.539. The van der Waals surface area contributed by atoms with Gasteiger partial charge in [-0.1, -0.05) is 0 Å². The number of nitrogens with one attached hydrogen (secondary N) is 1. The normalized spacial score (nSPS) is 42.7. The summed E-state index contributed by atoms with van der Waals surface area (Å²) in [4.78, 5) is 0. The summed E-state index contributed by atoms with van der Waals surface area (Å²) >= 11 is 0. The average Bonchev–Trinajstić information content (AvgIpc) is 1.88. The number of hydrogen-bond acceptors (Lipinski definition) is 2. The van der Waals surface area contributed by atoms with Crippen LogP contribution in [0.5, 0.6) is 0 Å². The zero-order valence-electron chi connectivity index (χ0n) is 5.60. The monoisotopic (exact) mass is 127 g/mol. The molecule has 0 unspecified atom stereocenters. The average molecular weight is 127 g/mol. The molecule has 2 bridgehead atoms. The molecule has 52 valence electrons. The summed E-state index contributed by atoms with van der Waals surface area (Å²) in [6.07, 6.45) is 4.99. The summed E-state index contributed by atoms with van der Waals surface area (Å²) in [7, 11) is 0. The molecule has 2 fully saturated rings. The molecule has 0 aromatic carbocycles. The Balaban J connectivity index is 1.96. The van der Waals surface area contributed by atoms with Crippen LogP contribution in [0, 0.1) is 0 Å². The van der Waals surface area contributed by atoms with E-state index in [-0.39, 0.29) is 0 Å². The highest BCUT2D eigenvalue weighted by atomic mass is 16.5. The Morgan fingerprint density at radius 2 is 1.78 bits per heavy atom. The highest BCUT2D eigenvalue weighted by molar-refractivity contribution is 4.79. The number of rotatable bonds is 0. The smallest absolute Gasteiger partial charge is 0.0703 e. The first-order chi connectivity index (χ1) is 4.45. The number of ether oxygens (including phenoxy) is 1. The van der Waals surface area contributed by atoms with Crippen LogP contribution in [-0.2, 0) is 4.74 Å². The first-order valence-electron chi connectivity index (χ1n) is 3.81. The van der Waals surface area contributed by atoms with Gasteiger partial charge in [-0.2, -0.15) is 0 Å². The molecule has 2 heteroatoms. The van der Waals surface area contributed by atoms with Gasteiger partial charge in [-0.15, -0.1) is 0 Å². The van der Waals surface area contributed by atoms with Crippen molar-refractivity contribution < 1.29 is 4.74 Å². The number of hydrogen-bond donors (Lipinski definition) is 1. The third-order valence-corrected chi connectivity index (χ3v) is 2.18. The Bertz CT molecular complexity index is 85.1. The van der Waals surface area contributed by atoms with Crippen molar-refractivity contribution in [3.8, 4) is 0 Å². The summed E-state index contributed by atoms with van der Waals surface area (Å²) in [5.41, 5.74) is 0. The molecule has 0 radical (unpaired) electrons. The van der Waals surface area contributed by atoms with E-state index in [9.17, 15) is 0 Å². The molecule has 0 aromatic rings. The Morgan fingerprint density at radius 3 is 2.33 bits per heavy atom. The molecule has 0 saturated carbocycles. The van der Waals surface area contributed by atoms with E-state index >= 15 is 0 Å². The Kier molecular flexibility index (Phi) is 1.44. The molecule has 2 rings (SSSR count). The fourth-order valence-electron chi connectivity index (χ4n) is 1.69. The molecule has 0 amide bonds. The maximum atomic E-state index is 5.66. The summed E-state index contributed by atoms with van der Waals surface area (Å²) in [5.74, 6) is 0. The van der Waals surface area contributed by atoms with E-state index in [1.807, 2.05) is 0 Å². The van der Waals surface area contributed by atoms with Crippen molar-refractivity contribution in [2.75, 3.05) is 13.1 Å². The van der Waals surface area contributed by atoms with Gasteiger partial charge in [0.25, 0.3) is 0 Å². The van der Waals surface area contributed by atoms with Gasteiger partial charge in [0.1, 0.15) is 0 Å². The molecular formula is C7H13NO. The third-order valence-electron chi connectivity index (χ3n) is 2.18. The molecule has 2 saturated heterocycles. The van der Waals surface area contributed by atoms with Crippen LogP contribution < -0.4 is 5.32 Å². The molecule has 1 N–H and O–H groups in total. The van der Waals surface area contributed by atoms with E-state index in [1.165, 1.54) is 19.3 Å². The zero-order chi connectivity index (χ0) is 6.10. The van der Waals surface area contributed by atoms with Crippen molar-refractivity contribution in [3.05, 3.63) is 0 Å². The standard InChI is InChI=1S/C7H13NO/c1-2-6-4-8-5-7(3-1)9-6/h6-8H,1-5H2/t6-,7+. The molecule has 9 heavy (non-hydrogen) atoms. The van der Waals surface area contributed by atoms with Gasteiger partial charge >= 0.3 is 0 Å². The summed E-state index contributed by atoms with van der Waals surface area (Å²) in [5, 5.41) is 3.36. The van der Waals surface area contributed by atoms with E-state index in [1.54, 1.807) is 0 Å². The maximum Gasteiger partial charge on any atom is 0.0703 e. The number of fused-ring (bicyclic) bond motifs is 2. The van der Waals surface area contributed by atoms with Gasteiger partial charge in [0.15, 0.2) is 0 Å². The van der Waals surface area contributed by atoms with Crippen LogP contribution in [0.2, 0.25) is 0 Å². The van der Waals surface area contributed by atoms with E-state index in [0.29, 0.717) is 12.2 Å². The predicted molar refractivity (Wildman–Crippen MR) is 35.4 cm³/mol. The van der Waals surface area contributed by atoms with Crippen LogP contribution in [0.15, 0.2) is 0 Å². The minimum atomic E-state index is 0.539. The van der Waals surface area contributed by atoms with Crippen molar-refractivity contribution in [1.82, 2.24) is 5.32 Å². The quantitative estimate of drug-likeness (QED) is 0.512. The molecule has 2 nitrogen and oxygen atoms in total. The zero-order valence-corrected chi connectivity index (χ0v) is 5.60. The molecule has 2 atom stereocenters. The highest BCUT2D eigenvalue weighted by Crippen LogP contribution is 2.20. The van der Waals surface area contributed by atoms with Gasteiger partial charge in [-0.05, 0) is 19.3 Å². The van der Waals surface area contributed by atoms with Gasteiger partial charge in [0, 0.05) is 13.1 Å². The number of morpholine rings is 1. The second-order valence-electron chi connectivity index (χ2n) is 2.97. The van der Waals surface area contributed by atoms with Crippen LogP contribution in [0.25, 0.3) is 0 Å². The van der Waals surface area contributed by atoms with Crippen molar-refractivity contribution in [2.45, 2.75) is 31.5 Å². The SMILES string of the molecule is C1C[C@@H]2CNC[C@H](C1)O2. The van der Waals surface area contributed by atoms with Crippen LogP contribution >= 0.6 is 0 Å². The van der Waals surface area contributed by atoms with Gasteiger partial charge < -0.3 is 10.1 Å². The largest absolute Gasteiger partial charge is 0.372 e. The summed E-state index contributed by atoms with van der Waals surface area (Å²) < 4.78 is 5.66. The molecule has 2 aliphatic rings. The molecule has 0 aromatic heterocycles. The molecular weight excluding hydrogens is 114 g/mol. The lowest BCUT2D eigenvalue weighted by molar-refractivity contribution is -0.0705. The predicted octanol–water partition coefficient (Wildman–Crippen LogP) is 0.527. The first kappa shape index (κ1) is 5.69. The third kappa shape index (κ3) is 1.10. The molecule has 0 aliphatic carbocycles. The lowest BCUT2D eigenvalue weighted by atomic mass is 10.0. The fraction of sp³-hybridized carbons (Fsp3) is 1.00. The highest BCUT2D eigenvalue weighted by Gasteiger charge is 2.25. The van der Waals surface area contributed by atoms with Gasteiger partial charge in [0.05, 0.1) is 12.2 Å². The van der Waals surface area contributed by atoms with Crippen molar-refractivity contribution in [3.63, 3.8) is 0 Å². The minimum Gasteiger partial charge on any atom is -0.372 e. The molecule has 2 aliphatic heterocycles. The fourth-order valence-corrected chi connectivity index (χ4v) is 1.69. The lowest BCUT2D eigenvalue weighted by Crippen LogP contribution is -2.47. The van der Waals surface area contributed by atoms with E-state index in [4.69, 9.17) is 4.74 Å². The van der Waals surface area contributed by atoms with Crippen LogP contribution in [0.4, 0.5) is 0 Å². The molecule has 0 spiro atoms. The van der Waals surface area contributed by atoms with Gasteiger partial charge in [-0.25, -0.2) is 0 Å². The Labute approximate surface area is 55.6 Å². The van der Waals surface area contributed by atoms with Crippen molar-refractivity contribution in [2.24, 2.45) is 0 Å². The van der Waals surface area contributed by atoms with E-state index in [0.717, 1.165) is 13.1 Å². The second kappa shape index (κ2) is 2.27. The van der Waals surface area contributed by atoms with Crippen molar-refractivity contribution >= 4 is 0 Å². The van der Waals surface area contributed by atoms with Crippen LogP contribution in [0.1, 0.15) is 19.3 Å². The van der Waals surface area contributed by atoms with E-state index < -0.39 is 0 Å².